The SMILES string of the molecule is C[N+](C)(C)CCOP(=O)(OC[C@@H]1O[C@@H](n2ccc(N)nc2=O)[C@H](O)[C@@H]1O)OP(=O)(O)O. The molecule has 15 nitrogen and oxygen atoms in total. The Morgan fingerprint density at radius 1 is 1.23 bits per heavy atom. The van der Waals surface area contributed by atoms with Gasteiger partial charge in [-0.25, -0.2) is 13.9 Å². The van der Waals surface area contributed by atoms with Crippen molar-refractivity contribution in [3.63, 3.8) is 0 Å². The van der Waals surface area contributed by atoms with Crippen LogP contribution in [0.2, 0.25) is 0 Å². The smallest absolute Gasteiger partial charge is 0.387 e. The molecule has 1 fully saturated rings. The fourth-order valence-electron chi connectivity index (χ4n) is 2.52. The van der Waals surface area contributed by atoms with Crippen LogP contribution < -0.4 is 11.4 Å². The van der Waals surface area contributed by atoms with Crippen LogP contribution in [0.25, 0.3) is 0 Å². The van der Waals surface area contributed by atoms with Crippen LogP contribution >= 0.6 is 15.6 Å². The van der Waals surface area contributed by atoms with Gasteiger partial charge in [-0.15, -0.1) is 0 Å². The lowest BCUT2D eigenvalue weighted by Gasteiger charge is -2.25. The Morgan fingerprint density at radius 2 is 1.87 bits per heavy atom. The van der Waals surface area contributed by atoms with Crippen molar-refractivity contribution in [1.82, 2.24) is 9.55 Å². The second-order valence-electron chi connectivity index (χ2n) is 7.75. The van der Waals surface area contributed by atoms with Crippen LogP contribution in [0.3, 0.4) is 0 Å². The Labute approximate surface area is 177 Å². The summed E-state index contributed by atoms with van der Waals surface area (Å²) in [7, 11) is -4.63. The van der Waals surface area contributed by atoms with E-state index >= 15 is 0 Å². The number of aliphatic hydroxyl groups excluding tert-OH is 2. The standard InChI is InChI=1S/C14H26N4O11P2/c1-18(2,3)6-7-26-31(25,29-30(22,23)24)27-8-9-11(19)12(20)13(28-9)17-5-4-10(15)16-14(17)21/h4-5,9,11-13,19-20H,6-8H2,1-3H3,(H3-,15,16,21,22,23,24)/p+1/t9-,11+,12+,13+,31?/m0/s1. The van der Waals surface area contributed by atoms with E-state index in [4.69, 9.17) is 29.3 Å². The zero-order chi connectivity index (χ0) is 23.6. The lowest BCUT2D eigenvalue weighted by Crippen LogP contribution is -2.37. The summed E-state index contributed by atoms with van der Waals surface area (Å²) >= 11 is 0. The molecule has 1 aliphatic rings. The maximum Gasteiger partial charge on any atom is 0.484 e. The second kappa shape index (κ2) is 9.73. The van der Waals surface area contributed by atoms with E-state index in [9.17, 15) is 24.1 Å². The summed E-state index contributed by atoms with van der Waals surface area (Å²) in [6, 6.07) is 1.28. The Balaban J connectivity index is 2.10. The van der Waals surface area contributed by atoms with Crippen molar-refractivity contribution in [2.75, 3.05) is 46.6 Å². The number of phosphoric acid groups is 2. The molecule has 2 heterocycles. The van der Waals surface area contributed by atoms with Gasteiger partial charge in [0, 0.05) is 6.20 Å². The van der Waals surface area contributed by atoms with Crippen molar-refractivity contribution in [3.8, 4) is 0 Å². The lowest BCUT2D eigenvalue weighted by molar-refractivity contribution is -0.870. The van der Waals surface area contributed by atoms with Crippen LogP contribution in [0.15, 0.2) is 17.1 Å². The predicted octanol–water partition coefficient (Wildman–Crippen LogP) is -1.60. The van der Waals surface area contributed by atoms with Gasteiger partial charge >= 0.3 is 21.3 Å². The van der Waals surface area contributed by atoms with E-state index < -0.39 is 52.5 Å². The van der Waals surface area contributed by atoms with Gasteiger partial charge in [-0.2, -0.15) is 9.29 Å². The van der Waals surface area contributed by atoms with Crippen molar-refractivity contribution in [2.45, 2.75) is 24.5 Å². The van der Waals surface area contributed by atoms with Crippen LogP contribution in [0, 0.1) is 0 Å². The number of hydrogen-bond acceptors (Lipinski definition) is 11. The molecule has 0 radical (unpaired) electrons. The molecule has 31 heavy (non-hydrogen) atoms. The Kier molecular flexibility index (Phi) is 8.17. The predicted molar refractivity (Wildman–Crippen MR) is 104 cm³/mol. The molecule has 0 saturated carbocycles. The molecule has 1 aromatic rings. The zero-order valence-corrected chi connectivity index (χ0v) is 18.8. The lowest BCUT2D eigenvalue weighted by atomic mass is 10.1. The molecule has 0 bridgehead atoms. The number of likely N-dealkylation sites (N-methyl/N-ethyl adjacent to an activating group) is 1. The molecule has 2 rings (SSSR count). The fourth-order valence-corrected chi connectivity index (χ4v) is 4.65. The first-order valence-electron chi connectivity index (χ1n) is 8.93. The summed E-state index contributed by atoms with van der Waals surface area (Å²) < 4.78 is 44.6. The molecule has 1 aromatic heterocycles. The molecule has 1 saturated heterocycles. The Hall–Kier alpha value is -1.22. The van der Waals surface area contributed by atoms with E-state index in [0.29, 0.717) is 11.0 Å². The molecule has 17 heteroatoms. The third kappa shape index (κ3) is 7.70. The number of nitrogens with two attached hydrogens (primary N) is 1. The van der Waals surface area contributed by atoms with Crippen LogP contribution in [0.4, 0.5) is 5.82 Å². The maximum absolute atomic E-state index is 12.7. The van der Waals surface area contributed by atoms with Crippen molar-refractivity contribution in [2.24, 2.45) is 0 Å². The van der Waals surface area contributed by atoms with Crippen LogP contribution in [-0.4, -0.2) is 93.2 Å². The molecule has 5 atom stereocenters. The van der Waals surface area contributed by atoms with Gasteiger partial charge in [0.2, 0.25) is 0 Å². The van der Waals surface area contributed by atoms with Gasteiger partial charge < -0.3 is 35.0 Å². The van der Waals surface area contributed by atoms with E-state index in [1.165, 1.54) is 12.3 Å². The summed E-state index contributed by atoms with van der Waals surface area (Å²) in [4.78, 5) is 33.5. The number of nitrogens with zero attached hydrogens (tertiary/aromatic N) is 3. The second-order valence-corrected chi connectivity index (χ2v) is 10.8. The first-order chi connectivity index (χ1) is 14.1. The number of aliphatic hydroxyl groups is 2. The summed E-state index contributed by atoms with van der Waals surface area (Å²) in [6.07, 6.45) is -4.72. The van der Waals surface area contributed by atoms with Crippen molar-refractivity contribution >= 4 is 21.5 Å². The van der Waals surface area contributed by atoms with Gasteiger partial charge in [-0.3, -0.25) is 13.6 Å². The summed E-state index contributed by atoms with van der Waals surface area (Å²) in [5.41, 5.74) is 4.56. The van der Waals surface area contributed by atoms with E-state index in [2.05, 4.69) is 9.29 Å². The van der Waals surface area contributed by atoms with Gasteiger partial charge in [-0.1, -0.05) is 0 Å². The Morgan fingerprint density at radius 3 is 2.42 bits per heavy atom. The molecule has 0 aromatic carbocycles. The normalized spacial score (nSPS) is 26.7. The van der Waals surface area contributed by atoms with Crippen molar-refractivity contribution in [3.05, 3.63) is 22.7 Å². The molecule has 0 aliphatic carbocycles. The molecular formula is C14H27N4O11P2+. The van der Waals surface area contributed by atoms with E-state index in [1.807, 2.05) is 0 Å². The largest absolute Gasteiger partial charge is 0.484 e. The highest BCUT2D eigenvalue weighted by Crippen LogP contribution is 2.61. The topological polar surface area (TPSA) is 213 Å². The summed E-state index contributed by atoms with van der Waals surface area (Å²) in [5.74, 6) is -0.0595. The van der Waals surface area contributed by atoms with Crippen molar-refractivity contribution < 1.29 is 51.7 Å². The number of anilines is 1. The van der Waals surface area contributed by atoms with Crippen LogP contribution in [-0.2, 0) is 27.2 Å². The third-order valence-corrected chi connectivity index (χ3v) is 6.69. The fraction of sp³-hybridized carbons (Fsp3) is 0.714. The number of aromatic nitrogens is 2. The van der Waals surface area contributed by atoms with E-state index in [1.54, 1.807) is 21.1 Å². The van der Waals surface area contributed by atoms with Crippen LogP contribution in [0.1, 0.15) is 6.23 Å². The molecule has 1 unspecified atom stereocenters. The highest BCUT2D eigenvalue weighted by Gasteiger charge is 2.46. The third-order valence-electron chi connectivity index (χ3n) is 4.08. The monoisotopic (exact) mass is 489 g/mol. The van der Waals surface area contributed by atoms with Crippen LogP contribution in [0.5, 0.6) is 0 Å². The molecule has 1 aliphatic heterocycles. The average molecular weight is 489 g/mol. The summed E-state index contributed by atoms with van der Waals surface area (Å²) in [6.45, 7) is -0.672. The number of rotatable bonds is 10. The Bertz CT molecular complexity index is 914. The minimum absolute atomic E-state index is 0.0595. The zero-order valence-electron chi connectivity index (χ0n) is 17.0. The average Bonchev–Trinajstić information content (AvgIpc) is 2.86. The van der Waals surface area contributed by atoms with E-state index in [0.717, 1.165) is 4.57 Å². The molecule has 178 valence electrons. The maximum atomic E-state index is 12.7. The molecule has 0 spiro atoms. The quantitative estimate of drug-likeness (QED) is 0.185. The van der Waals surface area contributed by atoms with Gasteiger partial charge in [0.05, 0.1) is 27.7 Å². The molecule has 0 amide bonds. The highest BCUT2D eigenvalue weighted by atomic mass is 31.3. The minimum atomic E-state index is -5.26. The van der Waals surface area contributed by atoms with Gasteiger partial charge in [-0.05, 0) is 6.07 Å². The first-order valence-corrected chi connectivity index (χ1v) is 11.9. The number of ether oxygens (including phenoxy) is 1. The summed E-state index contributed by atoms with van der Waals surface area (Å²) in [5, 5.41) is 20.4. The number of phosphoric ester groups is 1. The van der Waals surface area contributed by atoms with Gasteiger partial charge in [0.25, 0.3) is 0 Å². The highest BCUT2D eigenvalue weighted by molar-refractivity contribution is 7.61. The molecular weight excluding hydrogens is 462 g/mol. The number of quaternary nitrogens is 1. The van der Waals surface area contributed by atoms with Crippen molar-refractivity contribution in [1.29, 1.82) is 0 Å². The minimum Gasteiger partial charge on any atom is -0.387 e. The first kappa shape index (κ1) is 26.0. The van der Waals surface area contributed by atoms with E-state index in [-0.39, 0.29) is 12.4 Å². The van der Waals surface area contributed by atoms with Gasteiger partial charge in [0.1, 0.15) is 37.3 Å². The molecule has 6 N–H and O–H groups in total. The van der Waals surface area contributed by atoms with Gasteiger partial charge in [0.15, 0.2) is 6.23 Å². The number of nitrogen functional groups attached to an aromatic ring is 1. The number of hydrogen-bond donors (Lipinski definition) is 5.